The number of rotatable bonds is 5. The van der Waals surface area contributed by atoms with Crippen molar-refractivity contribution in [3.05, 3.63) is 64.1 Å². The minimum Gasteiger partial charge on any atom is -0.494 e. The van der Waals surface area contributed by atoms with E-state index >= 15 is 0 Å². The number of hydrogen-bond donors (Lipinski definition) is 1. The van der Waals surface area contributed by atoms with E-state index in [4.69, 9.17) is 4.74 Å². The Kier molecular flexibility index (Phi) is 5.70. The van der Waals surface area contributed by atoms with Gasteiger partial charge >= 0.3 is 0 Å². The van der Waals surface area contributed by atoms with Crippen LogP contribution < -0.4 is 10.1 Å². The Morgan fingerprint density at radius 3 is 2.65 bits per heavy atom. The Hall–Kier alpha value is -1.36. The molecule has 1 heterocycles. The fraction of sp³-hybridized carbons (Fsp3) is 0.368. The average molecular weight is 375 g/mol. The molecule has 0 aliphatic carbocycles. The first kappa shape index (κ1) is 16.5. The Bertz CT molecular complexity index is 641. The van der Waals surface area contributed by atoms with Gasteiger partial charge in [-0.3, -0.25) is 4.90 Å². The lowest BCUT2D eigenvalue weighted by Gasteiger charge is -2.36. The number of nitrogens with one attached hydrogen (secondary N) is 1. The van der Waals surface area contributed by atoms with E-state index in [-0.39, 0.29) is 6.04 Å². The van der Waals surface area contributed by atoms with Crippen LogP contribution >= 0.6 is 15.9 Å². The zero-order valence-electron chi connectivity index (χ0n) is 13.5. The van der Waals surface area contributed by atoms with Gasteiger partial charge in [0.15, 0.2) is 0 Å². The largest absolute Gasteiger partial charge is 0.494 e. The average Bonchev–Trinajstić information content (AvgIpc) is 2.58. The van der Waals surface area contributed by atoms with Crippen LogP contribution in [-0.2, 0) is 0 Å². The molecule has 1 atom stereocenters. The summed E-state index contributed by atoms with van der Waals surface area (Å²) in [6.07, 6.45) is 0. The van der Waals surface area contributed by atoms with E-state index in [0.717, 1.165) is 36.4 Å². The second-order valence-corrected chi connectivity index (χ2v) is 6.63. The Morgan fingerprint density at radius 1 is 1.13 bits per heavy atom. The van der Waals surface area contributed by atoms with Crippen molar-refractivity contribution in [3.8, 4) is 5.75 Å². The molecule has 0 saturated carbocycles. The molecule has 3 nitrogen and oxygen atoms in total. The van der Waals surface area contributed by atoms with Crippen LogP contribution in [0.2, 0.25) is 0 Å². The third-order valence-electron chi connectivity index (χ3n) is 4.19. The highest BCUT2D eigenvalue weighted by Crippen LogP contribution is 2.35. The lowest BCUT2D eigenvalue weighted by molar-refractivity contribution is 0.194. The summed E-state index contributed by atoms with van der Waals surface area (Å²) in [5, 5.41) is 3.44. The molecule has 3 rings (SSSR count). The summed E-state index contributed by atoms with van der Waals surface area (Å²) in [4.78, 5) is 2.54. The number of benzene rings is 2. The number of nitrogens with zero attached hydrogens (tertiary/aromatic N) is 1. The van der Waals surface area contributed by atoms with E-state index in [1.165, 1.54) is 11.1 Å². The van der Waals surface area contributed by atoms with Crippen LogP contribution in [0, 0.1) is 0 Å². The SMILES string of the molecule is CCOc1ccccc1C(c1cccc(Br)c1)N1CCNCC1. The summed E-state index contributed by atoms with van der Waals surface area (Å²) >= 11 is 3.61. The van der Waals surface area contributed by atoms with E-state index in [1.807, 2.05) is 13.0 Å². The second kappa shape index (κ2) is 7.95. The van der Waals surface area contributed by atoms with Crippen molar-refractivity contribution in [3.63, 3.8) is 0 Å². The standard InChI is InChI=1S/C19H23BrN2O/c1-2-23-18-9-4-3-8-17(18)19(22-12-10-21-11-13-22)15-6-5-7-16(20)14-15/h3-9,14,19,21H,2,10-13H2,1H3. The summed E-state index contributed by atoms with van der Waals surface area (Å²) in [6.45, 7) is 6.86. The fourth-order valence-corrected chi connectivity index (χ4v) is 3.61. The number of halogens is 1. The summed E-state index contributed by atoms with van der Waals surface area (Å²) in [5.74, 6) is 0.985. The maximum absolute atomic E-state index is 5.91. The van der Waals surface area contributed by atoms with Gasteiger partial charge in [0.1, 0.15) is 5.75 Å². The molecule has 2 aromatic rings. The van der Waals surface area contributed by atoms with E-state index in [0.29, 0.717) is 6.61 Å². The molecular formula is C19H23BrN2O. The predicted octanol–water partition coefficient (Wildman–Crippen LogP) is 3.84. The molecule has 0 bridgehead atoms. The number of para-hydroxylation sites is 1. The minimum atomic E-state index is 0.220. The van der Waals surface area contributed by atoms with Gasteiger partial charge in [-0.1, -0.05) is 46.3 Å². The van der Waals surface area contributed by atoms with E-state index in [1.54, 1.807) is 0 Å². The molecule has 2 aromatic carbocycles. The van der Waals surface area contributed by atoms with Crippen LogP contribution in [0.25, 0.3) is 0 Å². The quantitative estimate of drug-likeness (QED) is 0.860. The Labute approximate surface area is 146 Å². The summed E-state index contributed by atoms with van der Waals surface area (Å²) in [7, 11) is 0. The zero-order chi connectivity index (χ0) is 16.1. The Morgan fingerprint density at radius 2 is 1.91 bits per heavy atom. The Balaban J connectivity index is 2.04. The van der Waals surface area contributed by atoms with Crippen molar-refractivity contribution in [1.29, 1.82) is 0 Å². The molecule has 0 amide bonds. The second-order valence-electron chi connectivity index (χ2n) is 5.71. The van der Waals surface area contributed by atoms with Crippen LogP contribution in [0.4, 0.5) is 0 Å². The van der Waals surface area contributed by atoms with Gasteiger partial charge in [-0.15, -0.1) is 0 Å². The van der Waals surface area contributed by atoms with Crippen LogP contribution in [0.15, 0.2) is 53.0 Å². The van der Waals surface area contributed by atoms with Crippen LogP contribution in [0.3, 0.4) is 0 Å². The van der Waals surface area contributed by atoms with Crippen LogP contribution in [0.1, 0.15) is 24.1 Å². The molecule has 122 valence electrons. The highest BCUT2D eigenvalue weighted by molar-refractivity contribution is 9.10. The van der Waals surface area contributed by atoms with Gasteiger partial charge in [0.05, 0.1) is 12.6 Å². The predicted molar refractivity (Wildman–Crippen MR) is 98.0 cm³/mol. The summed E-state index contributed by atoms with van der Waals surface area (Å²) in [6, 6.07) is 17.2. The van der Waals surface area contributed by atoms with Crippen molar-refractivity contribution in [2.45, 2.75) is 13.0 Å². The molecule has 0 aromatic heterocycles. The topological polar surface area (TPSA) is 24.5 Å². The van der Waals surface area contributed by atoms with Crippen LogP contribution in [-0.4, -0.2) is 37.7 Å². The lowest BCUT2D eigenvalue weighted by Crippen LogP contribution is -2.45. The third kappa shape index (κ3) is 3.94. The molecule has 1 N–H and O–H groups in total. The number of hydrogen-bond acceptors (Lipinski definition) is 3. The van der Waals surface area contributed by atoms with E-state index < -0.39 is 0 Å². The van der Waals surface area contributed by atoms with Gasteiger partial charge in [0, 0.05) is 36.2 Å². The molecule has 0 radical (unpaired) electrons. The smallest absolute Gasteiger partial charge is 0.124 e. The molecule has 1 aliphatic heterocycles. The van der Waals surface area contributed by atoms with Crippen molar-refractivity contribution in [2.75, 3.05) is 32.8 Å². The first-order valence-electron chi connectivity index (χ1n) is 8.21. The number of piperazine rings is 1. The molecule has 0 spiro atoms. The maximum atomic E-state index is 5.91. The first-order valence-corrected chi connectivity index (χ1v) is 9.01. The molecule has 23 heavy (non-hydrogen) atoms. The van der Waals surface area contributed by atoms with Crippen molar-refractivity contribution >= 4 is 15.9 Å². The van der Waals surface area contributed by atoms with Gasteiger partial charge in [-0.25, -0.2) is 0 Å². The van der Waals surface area contributed by atoms with Crippen molar-refractivity contribution in [2.24, 2.45) is 0 Å². The molecule has 1 unspecified atom stereocenters. The molecule has 1 fully saturated rings. The van der Waals surface area contributed by atoms with E-state index in [2.05, 4.69) is 68.6 Å². The van der Waals surface area contributed by atoms with Crippen LogP contribution in [0.5, 0.6) is 5.75 Å². The summed E-state index contributed by atoms with van der Waals surface area (Å²) < 4.78 is 7.02. The minimum absolute atomic E-state index is 0.220. The zero-order valence-corrected chi connectivity index (χ0v) is 15.1. The fourth-order valence-electron chi connectivity index (χ4n) is 3.20. The molecule has 1 saturated heterocycles. The monoisotopic (exact) mass is 374 g/mol. The lowest BCUT2D eigenvalue weighted by atomic mass is 9.95. The highest BCUT2D eigenvalue weighted by Gasteiger charge is 2.26. The number of ether oxygens (including phenoxy) is 1. The normalized spacial score (nSPS) is 17.0. The molecule has 4 heteroatoms. The summed E-state index contributed by atoms with van der Waals surface area (Å²) in [5.41, 5.74) is 2.54. The third-order valence-corrected chi connectivity index (χ3v) is 4.69. The van der Waals surface area contributed by atoms with Crippen molar-refractivity contribution in [1.82, 2.24) is 10.2 Å². The van der Waals surface area contributed by atoms with Gasteiger partial charge in [-0.05, 0) is 30.7 Å². The van der Waals surface area contributed by atoms with Gasteiger partial charge in [-0.2, -0.15) is 0 Å². The highest BCUT2D eigenvalue weighted by atomic mass is 79.9. The van der Waals surface area contributed by atoms with Gasteiger partial charge in [0.25, 0.3) is 0 Å². The van der Waals surface area contributed by atoms with E-state index in [9.17, 15) is 0 Å². The van der Waals surface area contributed by atoms with Gasteiger partial charge in [0.2, 0.25) is 0 Å². The maximum Gasteiger partial charge on any atom is 0.124 e. The molecule has 1 aliphatic rings. The molecular weight excluding hydrogens is 352 g/mol. The first-order chi connectivity index (χ1) is 11.3. The van der Waals surface area contributed by atoms with Gasteiger partial charge < -0.3 is 10.1 Å². The van der Waals surface area contributed by atoms with Crippen molar-refractivity contribution < 1.29 is 4.74 Å².